The molecule has 0 aromatic heterocycles. The lowest BCUT2D eigenvalue weighted by Gasteiger charge is -2.60. The highest BCUT2D eigenvalue weighted by molar-refractivity contribution is 5.10. The van der Waals surface area contributed by atoms with Crippen molar-refractivity contribution >= 4 is 0 Å². The molecule has 258 valence electrons. The molecule has 4 aliphatic heterocycles. The monoisotopic (exact) mass is 628 g/mol. The molecule has 2 N–H and O–H groups in total. The molecule has 0 aromatic rings. The number of piperidine rings is 2. The van der Waals surface area contributed by atoms with Gasteiger partial charge in [0.05, 0.1) is 37.5 Å². The van der Waals surface area contributed by atoms with Crippen LogP contribution in [0.3, 0.4) is 0 Å². The quantitative estimate of drug-likeness (QED) is 0.231. The van der Waals surface area contributed by atoms with E-state index in [0.717, 1.165) is 38.5 Å². The summed E-state index contributed by atoms with van der Waals surface area (Å²) in [4.78, 5) is 0. The number of hydrogen-bond acceptors (Lipinski definition) is 10. The van der Waals surface area contributed by atoms with Crippen LogP contribution >= 0.6 is 0 Å². The zero-order valence-corrected chi connectivity index (χ0v) is 29.4. The van der Waals surface area contributed by atoms with Crippen molar-refractivity contribution in [1.29, 1.82) is 0 Å². The molecule has 0 bridgehead atoms. The Morgan fingerprint density at radius 1 is 0.636 bits per heavy atom. The lowest BCUT2D eigenvalue weighted by Crippen LogP contribution is -2.71. The third kappa shape index (κ3) is 6.27. The van der Waals surface area contributed by atoms with Crippen LogP contribution in [-0.4, -0.2) is 106 Å². The van der Waals surface area contributed by atoms with Crippen molar-refractivity contribution in [1.82, 2.24) is 10.1 Å². The Morgan fingerprint density at radius 3 is 1.32 bits per heavy atom. The molecular weight excluding hydrogens is 564 g/mol. The molecule has 0 radical (unpaired) electrons. The van der Waals surface area contributed by atoms with Gasteiger partial charge < -0.3 is 38.8 Å². The maximum Gasteiger partial charge on any atom is 0.175 e. The van der Waals surface area contributed by atoms with Gasteiger partial charge >= 0.3 is 0 Å². The summed E-state index contributed by atoms with van der Waals surface area (Å²) in [5.74, 6) is -1.40. The van der Waals surface area contributed by atoms with Gasteiger partial charge in [-0.3, -0.25) is 0 Å². The Hall–Kier alpha value is -0.400. The Labute approximate surface area is 266 Å². The summed E-state index contributed by atoms with van der Waals surface area (Å²) >= 11 is 0. The molecule has 0 saturated carbocycles. The number of hydroxylamine groups is 4. The van der Waals surface area contributed by atoms with Crippen LogP contribution in [0.15, 0.2) is 0 Å². The number of ether oxygens (including phenoxy) is 6. The van der Waals surface area contributed by atoms with Crippen LogP contribution in [0.5, 0.6) is 0 Å². The van der Waals surface area contributed by atoms with Crippen molar-refractivity contribution in [2.75, 3.05) is 39.6 Å². The summed E-state index contributed by atoms with van der Waals surface area (Å²) in [6, 6.07) is 0. The molecule has 0 amide bonds. The maximum atomic E-state index is 11.1. The van der Waals surface area contributed by atoms with Crippen LogP contribution in [0.25, 0.3) is 0 Å². The van der Waals surface area contributed by atoms with Crippen molar-refractivity contribution in [3.63, 3.8) is 0 Å². The Kier molecular flexibility index (Phi) is 11.3. The molecule has 10 unspecified atom stereocenters. The van der Waals surface area contributed by atoms with Crippen molar-refractivity contribution in [2.45, 2.75) is 167 Å². The molecule has 0 aromatic carbocycles. The largest absolute Gasteiger partial charge is 0.379 e. The second-order valence-electron chi connectivity index (χ2n) is 15.1. The van der Waals surface area contributed by atoms with E-state index in [2.05, 4.69) is 69.2 Å². The standard InChI is InChI=1S/C34H64N2O8/c1-11-29(7)23-33(25(5)31(9,13-3)35(29)37)41-21-27(43-33)19-39-17-15-16-18-40-20-28-22-42-34(44-28)24-30(8,12-2)36(38)32(10,14-4)26(34)6/h25-28,37-38H,11-24H2,1-10H3. The zero-order chi connectivity index (χ0) is 32.6. The first-order valence-corrected chi connectivity index (χ1v) is 17.4. The van der Waals surface area contributed by atoms with Gasteiger partial charge in [0, 0.05) is 49.0 Å². The fraction of sp³-hybridized carbons (Fsp3) is 1.00. The van der Waals surface area contributed by atoms with Gasteiger partial charge in [-0.05, 0) is 66.2 Å². The van der Waals surface area contributed by atoms with Crippen molar-refractivity contribution in [2.24, 2.45) is 11.8 Å². The van der Waals surface area contributed by atoms with Crippen LogP contribution in [0.4, 0.5) is 0 Å². The Balaban J connectivity index is 1.16. The molecule has 10 atom stereocenters. The minimum absolute atomic E-state index is 0.00826. The Morgan fingerprint density at radius 2 is 1.00 bits per heavy atom. The van der Waals surface area contributed by atoms with Gasteiger partial charge in [0.15, 0.2) is 11.6 Å². The van der Waals surface area contributed by atoms with Crippen LogP contribution in [-0.2, 0) is 28.4 Å². The number of nitrogens with zero attached hydrogens (tertiary/aromatic N) is 2. The lowest BCUT2D eigenvalue weighted by atomic mass is 9.67. The van der Waals surface area contributed by atoms with E-state index < -0.39 is 33.7 Å². The second kappa shape index (κ2) is 13.6. The first-order chi connectivity index (χ1) is 20.6. The Bertz CT molecular complexity index is 886. The molecule has 4 rings (SSSR count). The summed E-state index contributed by atoms with van der Waals surface area (Å²) in [6.45, 7) is 24.4. The highest BCUT2D eigenvalue weighted by Crippen LogP contribution is 2.54. The molecule has 2 spiro atoms. The van der Waals surface area contributed by atoms with Crippen LogP contribution in [0.1, 0.15) is 121 Å². The van der Waals surface area contributed by atoms with Crippen molar-refractivity contribution < 1.29 is 38.8 Å². The molecule has 44 heavy (non-hydrogen) atoms. The predicted octanol–water partition coefficient (Wildman–Crippen LogP) is 6.16. The molecule has 10 heteroatoms. The maximum absolute atomic E-state index is 11.1. The van der Waals surface area contributed by atoms with E-state index in [9.17, 15) is 10.4 Å². The second-order valence-corrected chi connectivity index (χ2v) is 15.1. The fourth-order valence-electron chi connectivity index (χ4n) is 8.34. The van der Waals surface area contributed by atoms with Gasteiger partial charge in [0.1, 0.15) is 12.2 Å². The number of hydrogen-bond donors (Lipinski definition) is 2. The van der Waals surface area contributed by atoms with E-state index in [1.165, 1.54) is 0 Å². The predicted molar refractivity (Wildman–Crippen MR) is 168 cm³/mol. The van der Waals surface area contributed by atoms with Gasteiger partial charge in [-0.25, -0.2) is 0 Å². The minimum atomic E-state index is -0.710. The lowest BCUT2D eigenvalue weighted by molar-refractivity contribution is -0.352. The van der Waals surface area contributed by atoms with E-state index in [0.29, 0.717) is 52.5 Å². The van der Waals surface area contributed by atoms with Crippen molar-refractivity contribution in [3.05, 3.63) is 0 Å². The zero-order valence-electron chi connectivity index (χ0n) is 29.4. The molecule has 4 aliphatic rings. The average Bonchev–Trinajstić information content (AvgIpc) is 3.63. The summed E-state index contributed by atoms with van der Waals surface area (Å²) in [5, 5.41) is 25.4. The normalized spacial score (nSPS) is 46.9. The van der Waals surface area contributed by atoms with E-state index in [1.54, 1.807) is 10.1 Å². The van der Waals surface area contributed by atoms with Gasteiger partial charge in [-0.1, -0.05) is 41.5 Å². The first kappa shape index (κ1) is 36.4. The molecule has 10 nitrogen and oxygen atoms in total. The van der Waals surface area contributed by atoms with Gasteiger partial charge in [-0.2, -0.15) is 10.1 Å². The molecule has 4 fully saturated rings. The molecule has 0 aliphatic carbocycles. The third-order valence-electron chi connectivity index (χ3n) is 12.6. The summed E-state index contributed by atoms with van der Waals surface area (Å²) < 4.78 is 38.0. The summed E-state index contributed by atoms with van der Waals surface area (Å²) in [6.07, 6.45) is 6.05. The topological polar surface area (TPSA) is 102 Å². The van der Waals surface area contributed by atoms with Gasteiger partial charge in [0.2, 0.25) is 0 Å². The fourth-order valence-corrected chi connectivity index (χ4v) is 8.34. The highest BCUT2D eigenvalue weighted by Gasteiger charge is 2.64. The summed E-state index contributed by atoms with van der Waals surface area (Å²) in [7, 11) is 0. The van der Waals surface area contributed by atoms with E-state index in [1.807, 2.05) is 0 Å². The van der Waals surface area contributed by atoms with Crippen LogP contribution in [0.2, 0.25) is 0 Å². The van der Waals surface area contributed by atoms with E-state index >= 15 is 0 Å². The van der Waals surface area contributed by atoms with Crippen LogP contribution in [0, 0.1) is 11.8 Å². The molecular formula is C34H64N2O8. The van der Waals surface area contributed by atoms with Gasteiger partial charge in [0.25, 0.3) is 0 Å². The first-order valence-electron chi connectivity index (χ1n) is 17.4. The molecule has 4 saturated heterocycles. The third-order valence-corrected chi connectivity index (χ3v) is 12.6. The SMILES string of the molecule is CCC1(C)CC2(OCC(COCCCCOCC3COC4(CC(C)(CC)N(O)C(C)(CC)C4C)O3)O2)C(C)C(C)(CC)N1O. The van der Waals surface area contributed by atoms with Gasteiger partial charge in [-0.15, -0.1) is 0 Å². The smallest absolute Gasteiger partial charge is 0.175 e. The minimum Gasteiger partial charge on any atom is -0.379 e. The van der Waals surface area contributed by atoms with E-state index in [-0.39, 0.29) is 24.0 Å². The molecule has 4 heterocycles. The van der Waals surface area contributed by atoms with E-state index in [4.69, 9.17) is 28.4 Å². The highest BCUT2D eigenvalue weighted by atomic mass is 16.8. The van der Waals surface area contributed by atoms with Crippen LogP contribution < -0.4 is 0 Å². The summed E-state index contributed by atoms with van der Waals surface area (Å²) in [5.41, 5.74) is -1.69. The average molecular weight is 629 g/mol. The number of rotatable bonds is 13. The van der Waals surface area contributed by atoms with Crippen molar-refractivity contribution in [3.8, 4) is 0 Å². The number of unbranched alkanes of at least 4 members (excludes halogenated alkanes) is 1.